The van der Waals surface area contributed by atoms with E-state index in [1.807, 2.05) is 14.0 Å². The zero-order valence-electron chi connectivity index (χ0n) is 10.8. The Morgan fingerprint density at radius 2 is 2.18 bits per heavy atom. The molecule has 0 aromatic carbocycles. The third-order valence-electron chi connectivity index (χ3n) is 3.08. The van der Waals surface area contributed by atoms with Crippen molar-refractivity contribution in [3.8, 4) is 0 Å². The third-order valence-corrected chi connectivity index (χ3v) is 5.08. The van der Waals surface area contributed by atoms with Gasteiger partial charge in [0.05, 0.1) is 19.0 Å². The van der Waals surface area contributed by atoms with Crippen LogP contribution in [0.25, 0.3) is 0 Å². The normalized spacial score (nSPS) is 22.8. The molecule has 0 aliphatic carbocycles. The second-order valence-corrected chi connectivity index (χ2v) is 6.42. The molecule has 1 saturated heterocycles. The highest BCUT2D eigenvalue weighted by molar-refractivity contribution is 7.89. The van der Waals surface area contributed by atoms with Crippen LogP contribution in [0.4, 0.5) is 0 Å². The molecule has 0 bridgehead atoms. The van der Waals surface area contributed by atoms with Crippen LogP contribution in [0.1, 0.15) is 26.2 Å². The Hall–Kier alpha value is -0.170. The van der Waals surface area contributed by atoms with E-state index in [-0.39, 0.29) is 11.8 Å². The van der Waals surface area contributed by atoms with Crippen LogP contribution >= 0.6 is 0 Å². The van der Waals surface area contributed by atoms with Crippen LogP contribution < -0.4 is 5.32 Å². The van der Waals surface area contributed by atoms with E-state index in [0.717, 1.165) is 25.8 Å². The van der Waals surface area contributed by atoms with E-state index in [1.54, 1.807) is 4.31 Å². The summed E-state index contributed by atoms with van der Waals surface area (Å²) in [5.41, 5.74) is 0. The molecule has 1 atom stereocenters. The van der Waals surface area contributed by atoms with E-state index in [4.69, 9.17) is 4.74 Å². The van der Waals surface area contributed by atoms with E-state index in [1.165, 1.54) is 0 Å². The van der Waals surface area contributed by atoms with Crippen molar-refractivity contribution < 1.29 is 13.2 Å². The number of hydrogen-bond donors (Lipinski definition) is 1. The molecule has 1 unspecified atom stereocenters. The van der Waals surface area contributed by atoms with Crippen LogP contribution in [0.15, 0.2) is 0 Å². The van der Waals surface area contributed by atoms with Crippen LogP contribution in [0.2, 0.25) is 0 Å². The SMILES string of the molecule is CCC1COCCN1S(=O)(=O)CCCCNC. The maximum absolute atomic E-state index is 12.2. The summed E-state index contributed by atoms with van der Waals surface area (Å²) < 4.78 is 31.3. The molecule has 1 aliphatic rings. The van der Waals surface area contributed by atoms with E-state index < -0.39 is 10.0 Å². The van der Waals surface area contributed by atoms with Crippen molar-refractivity contribution in [1.82, 2.24) is 9.62 Å². The first kappa shape index (κ1) is 14.9. The second-order valence-electron chi connectivity index (χ2n) is 4.37. The summed E-state index contributed by atoms with van der Waals surface area (Å²) in [4.78, 5) is 0. The Kier molecular flexibility index (Phi) is 6.40. The minimum Gasteiger partial charge on any atom is -0.378 e. The Bertz CT molecular complexity index is 306. The summed E-state index contributed by atoms with van der Waals surface area (Å²) in [5, 5.41) is 3.03. The predicted octanol–water partition coefficient (Wildman–Crippen LogP) is 0.427. The molecule has 0 saturated carbocycles. The van der Waals surface area contributed by atoms with Gasteiger partial charge in [0, 0.05) is 12.6 Å². The Morgan fingerprint density at radius 3 is 2.82 bits per heavy atom. The number of sulfonamides is 1. The molecule has 0 amide bonds. The molecule has 1 heterocycles. The molecular formula is C11H24N2O3S. The molecule has 1 N–H and O–H groups in total. The fourth-order valence-electron chi connectivity index (χ4n) is 2.03. The number of nitrogens with zero attached hydrogens (tertiary/aromatic N) is 1. The monoisotopic (exact) mass is 264 g/mol. The maximum atomic E-state index is 12.2. The number of hydrogen-bond acceptors (Lipinski definition) is 4. The van der Waals surface area contributed by atoms with Gasteiger partial charge in [-0.15, -0.1) is 0 Å². The predicted molar refractivity (Wildman–Crippen MR) is 68.6 cm³/mol. The average Bonchev–Trinajstić information content (AvgIpc) is 2.34. The van der Waals surface area contributed by atoms with Crippen molar-refractivity contribution in [2.75, 3.05) is 39.1 Å². The number of morpholine rings is 1. The van der Waals surface area contributed by atoms with Gasteiger partial charge in [-0.25, -0.2) is 8.42 Å². The summed E-state index contributed by atoms with van der Waals surface area (Å²) in [6.45, 7) is 4.43. The van der Waals surface area contributed by atoms with Gasteiger partial charge in [-0.3, -0.25) is 0 Å². The maximum Gasteiger partial charge on any atom is 0.214 e. The number of nitrogens with one attached hydrogen (secondary N) is 1. The summed E-state index contributed by atoms with van der Waals surface area (Å²) in [5.74, 6) is 0.255. The Morgan fingerprint density at radius 1 is 1.41 bits per heavy atom. The van der Waals surface area contributed by atoms with Gasteiger partial charge in [0.15, 0.2) is 0 Å². The van der Waals surface area contributed by atoms with E-state index in [9.17, 15) is 8.42 Å². The molecule has 1 aliphatic heterocycles. The van der Waals surface area contributed by atoms with E-state index >= 15 is 0 Å². The van der Waals surface area contributed by atoms with E-state index in [0.29, 0.717) is 19.8 Å². The number of ether oxygens (including phenoxy) is 1. The van der Waals surface area contributed by atoms with Crippen molar-refractivity contribution in [3.05, 3.63) is 0 Å². The standard InChI is InChI=1S/C11H24N2O3S/c1-3-11-10-16-8-7-13(11)17(14,15)9-5-4-6-12-2/h11-12H,3-10H2,1-2H3. The lowest BCUT2D eigenvalue weighted by atomic mass is 10.2. The molecule has 0 aromatic rings. The van der Waals surface area contributed by atoms with Crippen molar-refractivity contribution in [2.24, 2.45) is 0 Å². The second kappa shape index (κ2) is 7.31. The van der Waals surface area contributed by atoms with Gasteiger partial charge in [0.25, 0.3) is 0 Å². The molecule has 0 spiro atoms. The van der Waals surface area contributed by atoms with Gasteiger partial charge in [0.2, 0.25) is 10.0 Å². The molecule has 17 heavy (non-hydrogen) atoms. The fraction of sp³-hybridized carbons (Fsp3) is 1.00. The smallest absolute Gasteiger partial charge is 0.214 e. The minimum atomic E-state index is -3.10. The molecule has 5 nitrogen and oxygen atoms in total. The van der Waals surface area contributed by atoms with Crippen molar-refractivity contribution in [2.45, 2.75) is 32.2 Å². The topological polar surface area (TPSA) is 58.6 Å². The fourth-order valence-corrected chi connectivity index (χ4v) is 3.85. The average molecular weight is 264 g/mol. The lowest BCUT2D eigenvalue weighted by Gasteiger charge is -2.34. The summed E-state index contributed by atoms with van der Waals surface area (Å²) >= 11 is 0. The first-order valence-corrected chi connectivity index (χ1v) is 7.94. The lowest BCUT2D eigenvalue weighted by Crippen LogP contribution is -2.49. The van der Waals surface area contributed by atoms with E-state index in [2.05, 4.69) is 5.32 Å². The first-order valence-electron chi connectivity index (χ1n) is 6.33. The van der Waals surface area contributed by atoms with Crippen LogP contribution in [0.3, 0.4) is 0 Å². The van der Waals surface area contributed by atoms with Crippen LogP contribution in [-0.2, 0) is 14.8 Å². The van der Waals surface area contributed by atoms with Gasteiger partial charge in [-0.05, 0) is 32.9 Å². The van der Waals surface area contributed by atoms with Crippen molar-refractivity contribution in [3.63, 3.8) is 0 Å². The highest BCUT2D eigenvalue weighted by Crippen LogP contribution is 2.16. The van der Waals surface area contributed by atoms with Gasteiger partial charge in [-0.1, -0.05) is 6.92 Å². The van der Waals surface area contributed by atoms with Gasteiger partial charge in [0.1, 0.15) is 0 Å². The molecule has 1 fully saturated rings. The van der Waals surface area contributed by atoms with Gasteiger partial charge >= 0.3 is 0 Å². The minimum absolute atomic E-state index is 0.0260. The molecule has 0 radical (unpaired) electrons. The summed E-state index contributed by atoms with van der Waals surface area (Å²) in [6, 6.07) is 0.0260. The lowest BCUT2D eigenvalue weighted by molar-refractivity contribution is 0.0314. The van der Waals surface area contributed by atoms with Crippen LogP contribution in [-0.4, -0.2) is 57.9 Å². The van der Waals surface area contributed by atoms with Crippen molar-refractivity contribution in [1.29, 1.82) is 0 Å². The molecular weight excluding hydrogens is 240 g/mol. The Labute approximate surface area is 105 Å². The van der Waals surface area contributed by atoms with Gasteiger partial charge in [-0.2, -0.15) is 4.31 Å². The quantitative estimate of drug-likeness (QED) is 0.677. The largest absolute Gasteiger partial charge is 0.378 e. The Balaban J connectivity index is 2.49. The zero-order chi connectivity index (χ0) is 12.7. The van der Waals surface area contributed by atoms with Crippen molar-refractivity contribution >= 4 is 10.0 Å². The highest BCUT2D eigenvalue weighted by atomic mass is 32.2. The molecule has 0 aromatic heterocycles. The molecule has 102 valence electrons. The highest BCUT2D eigenvalue weighted by Gasteiger charge is 2.31. The van der Waals surface area contributed by atoms with Crippen LogP contribution in [0, 0.1) is 0 Å². The third kappa shape index (κ3) is 4.54. The van der Waals surface area contributed by atoms with Gasteiger partial charge < -0.3 is 10.1 Å². The summed E-state index contributed by atoms with van der Waals surface area (Å²) in [6.07, 6.45) is 2.43. The summed E-state index contributed by atoms with van der Waals surface area (Å²) in [7, 11) is -1.22. The zero-order valence-corrected chi connectivity index (χ0v) is 11.6. The number of unbranched alkanes of at least 4 members (excludes halogenated alkanes) is 1. The molecule has 1 rings (SSSR count). The molecule has 6 heteroatoms. The first-order chi connectivity index (χ1) is 8.11. The van der Waals surface area contributed by atoms with Crippen LogP contribution in [0.5, 0.6) is 0 Å². The number of rotatable bonds is 7.